The van der Waals surface area contributed by atoms with Crippen LogP contribution < -0.4 is 5.32 Å². The molecular formula is C11H16ClN3O2. The Morgan fingerprint density at radius 3 is 2.59 bits per heavy atom. The highest BCUT2D eigenvalue weighted by molar-refractivity contribution is 6.30. The normalized spacial score (nSPS) is 11.3. The van der Waals surface area contributed by atoms with Crippen LogP contribution >= 0.6 is 11.6 Å². The maximum Gasteiger partial charge on any atom is 0.312 e. The maximum atomic E-state index is 10.9. The molecule has 1 aromatic heterocycles. The van der Waals surface area contributed by atoms with E-state index in [9.17, 15) is 10.1 Å². The number of pyridine rings is 1. The van der Waals surface area contributed by atoms with Crippen molar-refractivity contribution in [3.8, 4) is 0 Å². The molecule has 0 saturated heterocycles. The highest BCUT2D eigenvalue weighted by Gasteiger charge is 2.25. The number of aromatic nitrogens is 1. The van der Waals surface area contributed by atoms with Crippen LogP contribution in [0.2, 0.25) is 5.02 Å². The summed E-state index contributed by atoms with van der Waals surface area (Å²) in [6.45, 7) is 6.06. The number of hydrogen-bond acceptors (Lipinski definition) is 4. The summed E-state index contributed by atoms with van der Waals surface area (Å²) < 4.78 is 0. The number of hydrogen-bond donors (Lipinski definition) is 1. The monoisotopic (exact) mass is 257 g/mol. The highest BCUT2D eigenvalue weighted by Crippen LogP contribution is 2.29. The zero-order valence-corrected chi connectivity index (χ0v) is 10.9. The van der Waals surface area contributed by atoms with Crippen LogP contribution in [0.3, 0.4) is 0 Å². The summed E-state index contributed by atoms with van der Waals surface area (Å²) in [6, 6.07) is 1.31. The van der Waals surface area contributed by atoms with E-state index in [-0.39, 0.29) is 22.1 Å². The molecule has 0 radical (unpaired) electrons. The van der Waals surface area contributed by atoms with Crippen LogP contribution in [-0.2, 0) is 0 Å². The SMILES string of the molecule is CCC(C)(CC)Nc1ncc(Cl)cc1[N+](=O)[O-]. The molecule has 0 aromatic carbocycles. The molecule has 0 spiro atoms. The Morgan fingerprint density at radius 1 is 1.53 bits per heavy atom. The molecule has 1 N–H and O–H groups in total. The Labute approximate surface area is 105 Å². The molecule has 0 fully saturated rings. The lowest BCUT2D eigenvalue weighted by Gasteiger charge is -2.28. The van der Waals surface area contributed by atoms with Crippen LogP contribution in [0.4, 0.5) is 11.5 Å². The average molecular weight is 258 g/mol. The molecular weight excluding hydrogens is 242 g/mol. The molecule has 0 atom stereocenters. The Bertz CT molecular complexity index is 419. The highest BCUT2D eigenvalue weighted by atomic mass is 35.5. The molecule has 0 unspecified atom stereocenters. The lowest BCUT2D eigenvalue weighted by atomic mass is 9.95. The molecule has 0 aliphatic carbocycles. The fourth-order valence-electron chi connectivity index (χ4n) is 1.38. The van der Waals surface area contributed by atoms with Crippen LogP contribution in [0.15, 0.2) is 12.3 Å². The number of nitrogens with zero attached hydrogens (tertiary/aromatic N) is 2. The zero-order valence-electron chi connectivity index (χ0n) is 10.2. The van der Waals surface area contributed by atoms with Gasteiger partial charge in [0.1, 0.15) is 0 Å². The van der Waals surface area contributed by atoms with Crippen LogP contribution in [0.5, 0.6) is 0 Å². The first-order chi connectivity index (χ1) is 7.91. The molecule has 6 heteroatoms. The molecule has 0 aliphatic heterocycles. The van der Waals surface area contributed by atoms with E-state index in [1.807, 2.05) is 20.8 Å². The maximum absolute atomic E-state index is 10.9. The molecule has 0 bridgehead atoms. The molecule has 17 heavy (non-hydrogen) atoms. The third kappa shape index (κ3) is 3.30. The second-order valence-electron chi connectivity index (χ2n) is 4.17. The minimum atomic E-state index is -0.479. The summed E-state index contributed by atoms with van der Waals surface area (Å²) in [4.78, 5) is 14.4. The largest absolute Gasteiger partial charge is 0.359 e. The van der Waals surface area contributed by atoms with Gasteiger partial charge in [-0.1, -0.05) is 25.4 Å². The Morgan fingerprint density at radius 2 is 2.12 bits per heavy atom. The fourth-order valence-corrected chi connectivity index (χ4v) is 1.53. The van der Waals surface area contributed by atoms with Gasteiger partial charge >= 0.3 is 5.69 Å². The predicted octanol–water partition coefficient (Wildman–Crippen LogP) is 3.63. The minimum absolute atomic E-state index is 0.0920. The number of rotatable bonds is 5. The third-order valence-corrected chi connectivity index (χ3v) is 3.22. The number of anilines is 1. The first kappa shape index (κ1) is 13.7. The fraction of sp³-hybridized carbons (Fsp3) is 0.545. The van der Waals surface area contributed by atoms with Crippen molar-refractivity contribution in [2.24, 2.45) is 0 Å². The summed E-state index contributed by atoms with van der Waals surface area (Å²) in [7, 11) is 0. The van der Waals surface area contributed by atoms with Crippen molar-refractivity contribution in [3.05, 3.63) is 27.4 Å². The van der Waals surface area contributed by atoms with E-state index in [2.05, 4.69) is 10.3 Å². The molecule has 1 heterocycles. The molecule has 0 saturated carbocycles. The van der Waals surface area contributed by atoms with Gasteiger partial charge in [0, 0.05) is 17.8 Å². The summed E-state index contributed by atoms with van der Waals surface area (Å²) in [5, 5.41) is 14.3. The molecule has 5 nitrogen and oxygen atoms in total. The molecule has 94 valence electrons. The topological polar surface area (TPSA) is 68.1 Å². The van der Waals surface area contributed by atoms with Gasteiger partial charge in [-0.05, 0) is 19.8 Å². The quantitative estimate of drug-likeness (QED) is 0.646. The Balaban J connectivity index is 3.10. The Hall–Kier alpha value is -1.36. The van der Waals surface area contributed by atoms with E-state index < -0.39 is 4.92 Å². The van der Waals surface area contributed by atoms with Crippen molar-refractivity contribution < 1.29 is 4.92 Å². The van der Waals surface area contributed by atoms with Crippen LogP contribution in [-0.4, -0.2) is 15.4 Å². The van der Waals surface area contributed by atoms with Gasteiger partial charge in [-0.2, -0.15) is 0 Å². The van der Waals surface area contributed by atoms with E-state index >= 15 is 0 Å². The number of nitrogens with one attached hydrogen (secondary N) is 1. The van der Waals surface area contributed by atoms with Crippen LogP contribution in [0.1, 0.15) is 33.6 Å². The van der Waals surface area contributed by atoms with Gasteiger partial charge in [-0.25, -0.2) is 4.98 Å². The summed E-state index contributed by atoms with van der Waals surface area (Å²) in [5.41, 5.74) is -0.295. The predicted molar refractivity (Wildman–Crippen MR) is 68.5 cm³/mol. The lowest BCUT2D eigenvalue weighted by molar-refractivity contribution is -0.384. The lowest BCUT2D eigenvalue weighted by Crippen LogP contribution is -2.33. The van der Waals surface area contributed by atoms with Gasteiger partial charge in [0.2, 0.25) is 5.82 Å². The first-order valence-electron chi connectivity index (χ1n) is 5.50. The smallest absolute Gasteiger partial charge is 0.312 e. The van der Waals surface area contributed by atoms with E-state index in [0.29, 0.717) is 0 Å². The van der Waals surface area contributed by atoms with Crippen molar-refractivity contribution in [2.75, 3.05) is 5.32 Å². The van der Waals surface area contributed by atoms with Crippen LogP contribution in [0.25, 0.3) is 0 Å². The van der Waals surface area contributed by atoms with Gasteiger partial charge in [0.15, 0.2) is 0 Å². The van der Waals surface area contributed by atoms with Gasteiger partial charge in [0.05, 0.1) is 9.95 Å². The van der Waals surface area contributed by atoms with Crippen molar-refractivity contribution in [3.63, 3.8) is 0 Å². The summed E-state index contributed by atoms with van der Waals surface area (Å²) in [6.07, 6.45) is 3.11. The molecule has 1 rings (SSSR count). The van der Waals surface area contributed by atoms with Gasteiger partial charge in [-0.15, -0.1) is 0 Å². The molecule has 1 aromatic rings. The van der Waals surface area contributed by atoms with E-state index in [1.54, 1.807) is 0 Å². The first-order valence-corrected chi connectivity index (χ1v) is 5.87. The van der Waals surface area contributed by atoms with E-state index in [0.717, 1.165) is 12.8 Å². The third-order valence-electron chi connectivity index (χ3n) is 3.01. The van der Waals surface area contributed by atoms with Gasteiger partial charge in [-0.3, -0.25) is 10.1 Å². The van der Waals surface area contributed by atoms with Crippen molar-refractivity contribution in [1.82, 2.24) is 4.98 Å². The number of nitro groups is 1. The second kappa shape index (κ2) is 5.31. The van der Waals surface area contributed by atoms with Gasteiger partial charge < -0.3 is 5.32 Å². The zero-order chi connectivity index (χ0) is 13.1. The summed E-state index contributed by atoms with van der Waals surface area (Å²) >= 11 is 5.71. The average Bonchev–Trinajstić information content (AvgIpc) is 2.31. The van der Waals surface area contributed by atoms with Gasteiger partial charge in [0.25, 0.3) is 0 Å². The van der Waals surface area contributed by atoms with E-state index in [4.69, 9.17) is 11.6 Å². The minimum Gasteiger partial charge on any atom is -0.359 e. The molecule has 0 aliphatic rings. The van der Waals surface area contributed by atoms with Crippen LogP contribution in [0, 0.1) is 10.1 Å². The van der Waals surface area contributed by atoms with Crippen molar-refractivity contribution in [2.45, 2.75) is 39.2 Å². The van der Waals surface area contributed by atoms with Crippen molar-refractivity contribution in [1.29, 1.82) is 0 Å². The summed E-state index contributed by atoms with van der Waals surface area (Å²) in [5.74, 6) is 0.269. The van der Waals surface area contributed by atoms with Crippen molar-refractivity contribution >= 4 is 23.1 Å². The second-order valence-corrected chi connectivity index (χ2v) is 4.61. The Kier molecular flexibility index (Phi) is 4.28. The molecule has 0 amide bonds. The standard InChI is InChI=1S/C11H16ClN3O2/c1-4-11(3,5-2)14-10-9(15(16)17)6-8(12)7-13-10/h6-7H,4-5H2,1-3H3,(H,13,14). The number of halogens is 1. The van der Waals surface area contributed by atoms with E-state index in [1.165, 1.54) is 12.3 Å².